The Bertz CT molecular complexity index is 765. The summed E-state index contributed by atoms with van der Waals surface area (Å²) >= 11 is 0. The standard InChI is InChI=1S/C13H14F3N3O2S/c1-9-17-18-12(19(9)2)8-22(20,21)7-10-3-5-11(6-4-10)13(14,15)16/h3-6H,7-8H2,1-2H3. The van der Waals surface area contributed by atoms with Crippen molar-refractivity contribution in [2.75, 3.05) is 0 Å². The van der Waals surface area contributed by atoms with Crippen LogP contribution in [0.2, 0.25) is 0 Å². The summed E-state index contributed by atoms with van der Waals surface area (Å²) in [5, 5.41) is 7.54. The van der Waals surface area contributed by atoms with Gasteiger partial charge < -0.3 is 4.57 Å². The number of hydrogen-bond donors (Lipinski definition) is 0. The summed E-state index contributed by atoms with van der Waals surface area (Å²) in [5.41, 5.74) is -0.510. The number of sulfone groups is 1. The SMILES string of the molecule is Cc1nnc(CS(=O)(=O)Cc2ccc(C(F)(F)F)cc2)n1C. The first-order chi connectivity index (χ1) is 10.1. The number of nitrogens with zero attached hydrogens (tertiary/aromatic N) is 3. The van der Waals surface area contributed by atoms with E-state index in [1.165, 1.54) is 12.1 Å². The fourth-order valence-corrected chi connectivity index (χ4v) is 3.32. The van der Waals surface area contributed by atoms with Crippen molar-refractivity contribution in [1.29, 1.82) is 0 Å². The van der Waals surface area contributed by atoms with E-state index in [4.69, 9.17) is 0 Å². The van der Waals surface area contributed by atoms with E-state index in [-0.39, 0.29) is 11.5 Å². The number of rotatable bonds is 4. The summed E-state index contributed by atoms with van der Waals surface area (Å²) in [7, 11) is -1.90. The first kappa shape index (κ1) is 16.5. The van der Waals surface area contributed by atoms with E-state index < -0.39 is 21.6 Å². The largest absolute Gasteiger partial charge is 0.416 e. The molecule has 1 aromatic heterocycles. The fraction of sp³-hybridized carbons (Fsp3) is 0.385. The predicted molar refractivity (Wildman–Crippen MR) is 73.5 cm³/mol. The average Bonchev–Trinajstić information content (AvgIpc) is 2.69. The smallest absolute Gasteiger partial charge is 0.317 e. The van der Waals surface area contributed by atoms with Gasteiger partial charge in [-0.1, -0.05) is 12.1 Å². The van der Waals surface area contributed by atoms with E-state index in [1.54, 1.807) is 18.5 Å². The average molecular weight is 333 g/mol. The number of halogens is 3. The molecule has 120 valence electrons. The minimum absolute atomic E-state index is 0.296. The summed E-state index contributed by atoms with van der Waals surface area (Å²) in [5.74, 6) is 0.215. The van der Waals surface area contributed by atoms with Crippen molar-refractivity contribution < 1.29 is 21.6 Å². The molecule has 0 amide bonds. The summed E-state index contributed by atoms with van der Waals surface area (Å²) in [6, 6.07) is 4.08. The third-order valence-electron chi connectivity index (χ3n) is 3.20. The maximum absolute atomic E-state index is 12.5. The predicted octanol–water partition coefficient (Wildman–Crippen LogP) is 2.26. The monoisotopic (exact) mass is 333 g/mol. The number of aryl methyl sites for hydroxylation is 1. The quantitative estimate of drug-likeness (QED) is 0.861. The Morgan fingerprint density at radius 1 is 1.09 bits per heavy atom. The summed E-state index contributed by atoms with van der Waals surface area (Å²) in [6.45, 7) is 1.69. The molecule has 5 nitrogen and oxygen atoms in total. The van der Waals surface area contributed by atoms with Crippen LogP contribution in [0.5, 0.6) is 0 Å². The van der Waals surface area contributed by atoms with Gasteiger partial charge in [0.25, 0.3) is 0 Å². The van der Waals surface area contributed by atoms with Gasteiger partial charge in [-0.2, -0.15) is 13.2 Å². The summed E-state index contributed by atoms with van der Waals surface area (Å²) < 4.78 is 63.1. The van der Waals surface area contributed by atoms with Gasteiger partial charge in [0, 0.05) is 7.05 Å². The third-order valence-corrected chi connectivity index (χ3v) is 4.67. The zero-order valence-electron chi connectivity index (χ0n) is 11.9. The molecule has 0 spiro atoms. The van der Waals surface area contributed by atoms with Crippen LogP contribution in [0.25, 0.3) is 0 Å². The molecule has 2 aromatic rings. The highest BCUT2D eigenvalue weighted by Crippen LogP contribution is 2.29. The molecule has 0 radical (unpaired) electrons. The van der Waals surface area contributed by atoms with Crippen LogP contribution in [0.1, 0.15) is 22.8 Å². The van der Waals surface area contributed by atoms with Crippen molar-refractivity contribution in [1.82, 2.24) is 14.8 Å². The van der Waals surface area contributed by atoms with Gasteiger partial charge in [-0.3, -0.25) is 0 Å². The van der Waals surface area contributed by atoms with E-state index in [0.717, 1.165) is 12.1 Å². The van der Waals surface area contributed by atoms with Crippen LogP contribution in [-0.2, 0) is 34.6 Å². The number of benzene rings is 1. The van der Waals surface area contributed by atoms with Gasteiger partial charge in [-0.05, 0) is 24.6 Å². The van der Waals surface area contributed by atoms with Crippen molar-refractivity contribution in [2.24, 2.45) is 7.05 Å². The van der Waals surface area contributed by atoms with Gasteiger partial charge in [0.1, 0.15) is 17.4 Å². The lowest BCUT2D eigenvalue weighted by Gasteiger charge is -2.08. The molecule has 9 heteroatoms. The highest BCUT2D eigenvalue weighted by molar-refractivity contribution is 7.89. The molecule has 1 aromatic carbocycles. The van der Waals surface area contributed by atoms with Crippen LogP contribution < -0.4 is 0 Å². The third kappa shape index (κ3) is 3.85. The van der Waals surface area contributed by atoms with Gasteiger partial charge in [-0.15, -0.1) is 10.2 Å². The van der Waals surface area contributed by atoms with Crippen molar-refractivity contribution in [3.05, 3.63) is 47.0 Å². The second kappa shape index (κ2) is 5.71. The second-order valence-electron chi connectivity index (χ2n) is 4.95. The molecule has 2 rings (SSSR count). The molecule has 0 bridgehead atoms. The van der Waals surface area contributed by atoms with Gasteiger partial charge in [0.15, 0.2) is 9.84 Å². The molecule has 0 N–H and O–H groups in total. The molecule has 22 heavy (non-hydrogen) atoms. The Labute approximate surface area is 125 Å². The molecule has 0 fully saturated rings. The maximum Gasteiger partial charge on any atom is 0.416 e. The molecule has 0 aliphatic carbocycles. The lowest BCUT2D eigenvalue weighted by Crippen LogP contribution is -2.12. The van der Waals surface area contributed by atoms with Crippen LogP contribution in [-0.4, -0.2) is 23.2 Å². The van der Waals surface area contributed by atoms with Gasteiger partial charge >= 0.3 is 6.18 Å². The molecule has 0 unspecified atom stereocenters. The normalized spacial score (nSPS) is 12.6. The Hall–Kier alpha value is -1.90. The van der Waals surface area contributed by atoms with Crippen molar-refractivity contribution in [2.45, 2.75) is 24.6 Å². The minimum atomic E-state index is -4.44. The van der Waals surface area contributed by atoms with Gasteiger partial charge in [-0.25, -0.2) is 8.42 Å². The first-order valence-electron chi connectivity index (χ1n) is 6.30. The number of alkyl halides is 3. The highest BCUT2D eigenvalue weighted by atomic mass is 32.2. The Kier molecular flexibility index (Phi) is 4.28. The molecule has 0 aliphatic heterocycles. The Balaban J connectivity index is 2.14. The Morgan fingerprint density at radius 2 is 1.68 bits per heavy atom. The van der Waals surface area contributed by atoms with Gasteiger partial charge in [0.2, 0.25) is 0 Å². The molecule has 0 saturated heterocycles. The molecule has 0 atom stereocenters. The maximum atomic E-state index is 12.5. The zero-order chi connectivity index (χ0) is 16.5. The minimum Gasteiger partial charge on any atom is -0.317 e. The van der Waals surface area contributed by atoms with Gasteiger partial charge in [0.05, 0.1) is 11.3 Å². The topological polar surface area (TPSA) is 64.8 Å². The number of hydrogen-bond acceptors (Lipinski definition) is 4. The number of aromatic nitrogens is 3. The summed E-state index contributed by atoms with van der Waals surface area (Å²) in [6.07, 6.45) is -4.44. The van der Waals surface area contributed by atoms with Crippen LogP contribution in [0.4, 0.5) is 13.2 Å². The Morgan fingerprint density at radius 3 is 2.14 bits per heavy atom. The molecular formula is C13H14F3N3O2S. The van der Waals surface area contributed by atoms with Crippen LogP contribution in [0.15, 0.2) is 24.3 Å². The van der Waals surface area contributed by atoms with Crippen LogP contribution in [0.3, 0.4) is 0 Å². The molecule has 1 heterocycles. The van der Waals surface area contributed by atoms with E-state index in [9.17, 15) is 21.6 Å². The van der Waals surface area contributed by atoms with E-state index >= 15 is 0 Å². The molecular weight excluding hydrogens is 319 g/mol. The van der Waals surface area contributed by atoms with Crippen molar-refractivity contribution in [3.63, 3.8) is 0 Å². The highest BCUT2D eigenvalue weighted by Gasteiger charge is 2.30. The second-order valence-corrected chi connectivity index (χ2v) is 7.01. The lowest BCUT2D eigenvalue weighted by molar-refractivity contribution is -0.137. The van der Waals surface area contributed by atoms with Crippen LogP contribution >= 0.6 is 0 Å². The van der Waals surface area contributed by atoms with E-state index in [2.05, 4.69) is 10.2 Å². The van der Waals surface area contributed by atoms with Crippen molar-refractivity contribution >= 4 is 9.84 Å². The molecule has 0 aliphatic rings. The fourth-order valence-electron chi connectivity index (χ4n) is 1.87. The van der Waals surface area contributed by atoms with E-state index in [1.807, 2.05) is 0 Å². The summed E-state index contributed by atoms with van der Waals surface area (Å²) in [4.78, 5) is 0. The zero-order valence-corrected chi connectivity index (χ0v) is 12.7. The van der Waals surface area contributed by atoms with Crippen LogP contribution in [0, 0.1) is 6.92 Å². The lowest BCUT2D eigenvalue weighted by atomic mass is 10.1. The van der Waals surface area contributed by atoms with Crippen molar-refractivity contribution in [3.8, 4) is 0 Å². The van der Waals surface area contributed by atoms with E-state index in [0.29, 0.717) is 17.2 Å². The molecule has 0 saturated carbocycles. The first-order valence-corrected chi connectivity index (χ1v) is 8.12.